The molecule has 0 atom stereocenters. The molecule has 0 radical (unpaired) electrons. The van der Waals surface area contributed by atoms with Gasteiger partial charge in [0.1, 0.15) is 0 Å². The number of benzene rings is 12. The molecule has 0 fully saturated rings. The number of hydrogen-bond acceptors (Lipinski definition) is 2. The molecule has 0 aliphatic carbocycles. The van der Waals surface area contributed by atoms with Gasteiger partial charge in [-0.1, -0.05) is 255 Å². The summed E-state index contributed by atoms with van der Waals surface area (Å²) in [6.45, 7) is 0. The highest BCUT2D eigenvalue weighted by Crippen LogP contribution is 2.47. The van der Waals surface area contributed by atoms with E-state index in [9.17, 15) is 0 Å². The van der Waals surface area contributed by atoms with Crippen LogP contribution in [-0.4, -0.2) is 28.2 Å². The number of nitrogens with zero attached hydrogens (tertiary/aromatic N) is 2. The molecule has 72 heavy (non-hydrogen) atoms. The van der Waals surface area contributed by atoms with Gasteiger partial charge in [0.05, 0.1) is 0 Å². The average Bonchev–Trinajstić information content (AvgIpc) is 3.44. The fraction of sp³-hybridized carbons (Fsp3) is 0.0588. The molecule has 4 heteroatoms. The minimum atomic E-state index is -0.769. The quantitative estimate of drug-likeness (QED) is 0.126. The third-order valence-corrected chi connectivity index (χ3v) is 18.6. The lowest BCUT2D eigenvalue weighted by atomic mass is 9.92. The van der Waals surface area contributed by atoms with Crippen LogP contribution in [0.1, 0.15) is 0 Å². The van der Waals surface area contributed by atoms with Crippen LogP contribution in [0, 0.1) is 0 Å². The molecule has 12 aromatic carbocycles. The zero-order valence-electron chi connectivity index (χ0n) is 41.2. The second kappa shape index (κ2) is 20.8. The molecular formula is C68H56N2P2. The van der Waals surface area contributed by atoms with Crippen molar-refractivity contribution in [3.05, 3.63) is 267 Å². The Morgan fingerprint density at radius 1 is 0.222 bits per heavy atom. The van der Waals surface area contributed by atoms with E-state index in [4.69, 9.17) is 0 Å². The van der Waals surface area contributed by atoms with Gasteiger partial charge in [0, 0.05) is 61.8 Å². The van der Waals surface area contributed by atoms with Crippen molar-refractivity contribution in [1.82, 2.24) is 0 Å². The third-order valence-electron chi connectivity index (χ3n) is 13.6. The van der Waals surface area contributed by atoms with Gasteiger partial charge in [-0.05, 0) is 103 Å². The molecule has 348 valence electrons. The van der Waals surface area contributed by atoms with Crippen LogP contribution >= 0.6 is 15.8 Å². The van der Waals surface area contributed by atoms with Crippen molar-refractivity contribution in [1.29, 1.82) is 0 Å². The van der Waals surface area contributed by atoms with Gasteiger partial charge in [0.15, 0.2) is 0 Å². The Morgan fingerprint density at radius 3 is 0.736 bits per heavy atom. The van der Waals surface area contributed by atoms with Crippen molar-refractivity contribution in [2.75, 3.05) is 38.0 Å². The first kappa shape index (κ1) is 46.5. The summed E-state index contributed by atoms with van der Waals surface area (Å²) in [6, 6.07) is 97.7. The Morgan fingerprint density at radius 2 is 0.458 bits per heavy atom. The number of rotatable bonds is 10. The standard InChI is InChI=1S/2C34H28NP/c2*1-35(2)31-23-21-25-13-9-11-19-29(25)33(31)34-30-20-12-10-14-26(30)22-24-32(34)36(27-15-5-3-6-16-27)28-17-7-4-8-18-28/h2*3-24H,1-2H3. The first-order valence-electron chi connectivity index (χ1n) is 24.7. The maximum Gasteiger partial charge on any atom is 0.0447 e. The number of fused-ring (bicyclic) bond motifs is 4. The van der Waals surface area contributed by atoms with Crippen LogP contribution in [0.3, 0.4) is 0 Å². The van der Waals surface area contributed by atoms with Crippen molar-refractivity contribution in [2.24, 2.45) is 0 Å². The average molecular weight is 963 g/mol. The van der Waals surface area contributed by atoms with Crippen molar-refractivity contribution in [3.63, 3.8) is 0 Å². The van der Waals surface area contributed by atoms with Crippen molar-refractivity contribution in [2.45, 2.75) is 0 Å². The first-order chi connectivity index (χ1) is 35.4. The van der Waals surface area contributed by atoms with Gasteiger partial charge >= 0.3 is 0 Å². The molecular weight excluding hydrogens is 907 g/mol. The fourth-order valence-electron chi connectivity index (χ4n) is 10.4. The summed E-state index contributed by atoms with van der Waals surface area (Å²) < 4.78 is 0. The Kier molecular flexibility index (Phi) is 13.5. The Bertz CT molecular complexity index is 3490. The van der Waals surface area contributed by atoms with Crippen molar-refractivity contribution in [3.8, 4) is 22.3 Å². The summed E-state index contributed by atoms with van der Waals surface area (Å²) in [5.41, 5.74) is 7.78. The van der Waals surface area contributed by atoms with E-state index in [-0.39, 0.29) is 0 Å². The second-order valence-electron chi connectivity index (χ2n) is 18.5. The molecule has 0 aromatic heterocycles. The topological polar surface area (TPSA) is 6.48 Å². The zero-order chi connectivity index (χ0) is 49.0. The minimum Gasteiger partial charge on any atom is -0.377 e. The summed E-state index contributed by atoms with van der Waals surface area (Å²) in [6.07, 6.45) is 0. The van der Waals surface area contributed by atoms with Gasteiger partial charge in [-0.3, -0.25) is 0 Å². The van der Waals surface area contributed by atoms with Crippen LogP contribution in [0.5, 0.6) is 0 Å². The SMILES string of the molecule is CN(C)c1ccc2ccccc2c1-c1c(P(c2ccccc2)c2ccccc2)ccc2ccccc12.CN(C)c1ccc2ccccc2c1-c1c(P(c2ccccc2)c2ccccc2)ccc2ccccc12. The van der Waals surface area contributed by atoms with E-state index in [2.05, 4.69) is 305 Å². The van der Waals surface area contributed by atoms with Crippen LogP contribution in [0.25, 0.3) is 65.3 Å². The lowest BCUT2D eigenvalue weighted by molar-refractivity contribution is 1.14. The van der Waals surface area contributed by atoms with Crippen LogP contribution in [0.15, 0.2) is 267 Å². The maximum atomic E-state index is 2.38. The Labute approximate surface area is 427 Å². The molecule has 0 spiro atoms. The third kappa shape index (κ3) is 9.06. The molecule has 0 N–H and O–H groups in total. The molecule has 2 nitrogen and oxygen atoms in total. The molecule has 0 amide bonds. The molecule has 0 heterocycles. The maximum absolute atomic E-state index is 2.38. The van der Waals surface area contributed by atoms with E-state index in [1.807, 2.05) is 0 Å². The highest BCUT2D eigenvalue weighted by atomic mass is 31.1. The van der Waals surface area contributed by atoms with Gasteiger partial charge in [-0.2, -0.15) is 0 Å². The van der Waals surface area contributed by atoms with Crippen LogP contribution in [-0.2, 0) is 0 Å². The summed E-state index contributed by atoms with van der Waals surface area (Å²) >= 11 is 0. The first-order valence-corrected chi connectivity index (χ1v) is 27.4. The van der Waals surface area contributed by atoms with E-state index < -0.39 is 15.8 Å². The highest BCUT2D eigenvalue weighted by Gasteiger charge is 2.27. The molecule has 0 saturated heterocycles. The monoisotopic (exact) mass is 962 g/mol. The van der Waals surface area contributed by atoms with E-state index in [1.54, 1.807) is 0 Å². The summed E-state index contributed by atoms with van der Waals surface area (Å²) in [7, 11) is 7.06. The predicted molar refractivity (Wildman–Crippen MR) is 320 cm³/mol. The summed E-state index contributed by atoms with van der Waals surface area (Å²) in [5.74, 6) is 0. The minimum absolute atomic E-state index is 0.769. The van der Waals surface area contributed by atoms with E-state index in [0.717, 1.165) is 0 Å². The highest BCUT2D eigenvalue weighted by molar-refractivity contribution is 7.80. The fourth-order valence-corrected chi connectivity index (χ4v) is 15.3. The predicted octanol–water partition coefficient (Wildman–Crippen LogP) is 15.0. The van der Waals surface area contributed by atoms with Crippen LogP contribution < -0.4 is 41.6 Å². The molecule has 0 saturated carbocycles. The lowest BCUT2D eigenvalue weighted by Crippen LogP contribution is -2.23. The van der Waals surface area contributed by atoms with Crippen molar-refractivity contribution >= 4 is 102 Å². The van der Waals surface area contributed by atoms with Gasteiger partial charge in [-0.25, -0.2) is 0 Å². The zero-order valence-corrected chi connectivity index (χ0v) is 43.0. The molecule has 12 rings (SSSR count). The van der Waals surface area contributed by atoms with E-state index >= 15 is 0 Å². The van der Waals surface area contributed by atoms with Crippen molar-refractivity contribution < 1.29 is 0 Å². The van der Waals surface area contributed by atoms with E-state index in [1.165, 1.54) is 109 Å². The van der Waals surface area contributed by atoms with E-state index in [0.29, 0.717) is 0 Å². The second-order valence-corrected chi connectivity index (χ2v) is 22.9. The molecule has 0 aliphatic rings. The largest absolute Gasteiger partial charge is 0.377 e. The summed E-state index contributed by atoms with van der Waals surface area (Å²) in [5, 5.41) is 18.5. The molecule has 0 aliphatic heterocycles. The van der Waals surface area contributed by atoms with Crippen LogP contribution in [0.4, 0.5) is 11.4 Å². The van der Waals surface area contributed by atoms with Gasteiger partial charge < -0.3 is 9.80 Å². The van der Waals surface area contributed by atoms with Gasteiger partial charge in [-0.15, -0.1) is 0 Å². The normalized spacial score (nSPS) is 11.3. The summed E-state index contributed by atoms with van der Waals surface area (Å²) in [4.78, 5) is 4.50. The molecule has 0 unspecified atom stereocenters. The molecule has 0 bridgehead atoms. The van der Waals surface area contributed by atoms with Gasteiger partial charge in [0.2, 0.25) is 0 Å². The number of hydrogen-bond donors (Lipinski definition) is 0. The Hall–Kier alpha value is -7.86. The number of anilines is 2. The van der Waals surface area contributed by atoms with Crippen LogP contribution in [0.2, 0.25) is 0 Å². The smallest absolute Gasteiger partial charge is 0.0447 e. The van der Waals surface area contributed by atoms with Gasteiger partial charge in [0.25, 0.3) is 0 Å². The molecule has 12 aromatic rings. The Balaban J connectivity index is 0.000000156. The lowest BCUT2D eigenvalue weighted by Gasteiger charge is -2.27.